The van der Waals surface area contributed by atoms with Crippen LogP contribution in [0, 0.1) is 23.7 Å². The predicted octanol–water partition coefficient (Wildman–Crippen LogP) is 4.51. The van der Waals surface area contributed by atoms with Gasteiger partial charge in [-0.1, -0.05) is 34.6 Å². The first-order valence-corrected chi connectivity index (χ1v) is 7.05. The third-order valence-corrected chi connectivity index (χ3v) is 3.77. The van der Waals surface area contributed by atoms with Gasteiger partial charge >= 0.3 is 0 Å². The molecule has 0 aromatic carbocycles. The predicted molar refractivity (Wildman–Crippen MR) is 70.5 cm³/mol. The lowest BCUT2D eigenvalue weighted by atomic mass is 9.85. The molecule has 1 nitrogen and oxygen atoms in total. The lowest BCUT2D eigenvalue weighted by Crippen LogP contribution is -2.13. The first-order chi connectivity index (χ1) is 7.40. The second-order valence-electron chi connectivity index (χ2n) is 6.59. The fourth-order valence-electron chi connectivity index (χ4n) is 3.25. The normalized spacial score (nSPS) is 30.2. The highest BCUT2D eigenvalue weighted by Crippen LogP contribution is 2.34. The number of ether oxygens (including phenoxy) is 1. The maximum Gasteiger partial charge on any atom is 0.0864 e. The van der Waals surface area contributed by atoms with Crippen LogP contribution in [0.15, 0.2) is 0 Å². The van der Waals surface area contributed by atoms with Crippen LogP contribution in [-0.4, -0.2) is 12.2 Å². The van der Waals surface area contributed by atoms with E-state index in [4.69, 9.17) is 4.74 Å². The van der Waals surface area contributed by atoms with E-state index in [0.717, 1.165) is 23.7 Å². The molecular formula is C15H30O. The summed E-state index contributed by atoms with van der Waals surface area (Å²) in [4.78, 5) is 0. The van der Waals surface area contributed by atoms with E-state index in [2.05, 4.69) is 41.5 Å². The Hall–Kier alpha value is -0.0400. The quantitative estimate of drug-likeness (QED) is 0.582. The van der Waals surface area contributed by atoms with Gasteiger partial charge in [-0.05, 0) is 49.9 Å². The van der Waals surface area contributed by atoms with Crippen LogP contribution in [0.4, 0.5) is 0 Å². The molecule has 5 atom stereocenters. The molecule has 1 saturated heterocycles. The molecule has 1 aliphatic rings. The lowest BCUT2D eigenvalue weighted by Gasteiger charge is -2.21. The Labute approximate surface area is 102 Å². The van der Waals surface area contributed by atoms with Crippen LogP contribution in [0.5, 0.6) is 0 Å². The number of hydrogen-bond donors (Lipinski definition) is 0. The summed E-state index contributed by atoms with van der Waals surface area (Å²) in [5.74, 6) is 3.31. The van der Waals surface area contributed by atoms with E-state index < -0.39 is 0 Å². The molecule has 16 heavy (non-hydrogen) atoms. The van der Waals surface area contributed by atoms with Gasteiger partial charge in [0.05, 0.1) is 12.2 Å². The van der Waals surface area contributed by atoms with Crippen molar-refractivity contribution in [2.45, 2.75) is 73.0 Å². The summed E-state index contributed by atoms with van der Waals surface area (Å²) in [6, 6.07) is 0. The topological polar surface area (TPSA) is 12.5 Å². The van der Waals surface area contributed by atoms with Crippen molar-refractivity contribution in [3.8, 4) is 0 Å². The van der Waals surface area contributed by atoms with E-state index in [1.54, 1.807) is 0 Å². The van der Waals surface area contributed by atoms with Gasteiger partial charge in [0.2, 0.25) is 0 Å². The highest BCUT2D eigenvalue weighted by Gasteiger charge is 2.39. The highest BCUT2D eigenvalue weighted by molar-refractivity contribution is 4.85. The van der Waals surface area contributed by atoms with Crippen molar-refractivity contribution in [3.63, 3.8) is 0 Å². The van der Waals surface area contributed by atoms with Crippen molar-refractivity contribution in [3.05, 3.63) is 0 Å². The first kappa shape index (κ1) is 14.0. The Morgan fingerprint density at radius 2 is 1.38 bits per heavy atom. The molecule has 1 heteroatoms. The van der Waals surface area contributed by atoms with Crippen molar-refractivity contribution in [2.75, 3.05) is 0 Å². The molecular weight excluding hydrogens is 196 g/mol. The zero-order valence-electron chi connectivity index (χ0n) is 12.0. The zero-order valence-corrected chi connectivity index (χ0v) is 12.0. The Morgan fingerprint density at radius 1 is 0.875 bits per heavy atom. The maximum absolute atomic E-state index is 5.55. The van der Waals surface area contributed by atoms with E-state index in [1.165, 1.54) is 19.3 Å². The van der Waals surface area contributed by atoms with Crippen LogP contribution in [-0.2, 0) is 4.74 Å². The van der Waals surface area contributed by atoms with Crippen molar-refractivity contribution in [2.24, 2.45) is 23.7 Å². The second kappa shape index (κ2) is 6.05. The third-order valence-electron chi connectivity index (χ3n) is 3.77. The Kier molecular flexibility index (Phi) is 5.30. The summed E-state index contributed by atoms with van der Waals surface area (Å²) in [5.41, 5.74) is 0. The molecule has 0 bridgehead atoms. The minimum Gasteiger partial charge on any atom is -0.370 e. The molecule has 0 aromatic heterocycles. The van der Waals surface area contributed by atoms with Gasteiger partial charge in [-0.3, -0.25) is 0 Å². The van der Waals surface area contributed by atoms with Gasteiger partial charge in [-0.2, -0.15) is 0 Å². The van der Waals surface area contributed by atoms with Crippen molar-refractivity contribution >= 4 is 0 Å². The molecule has 0 radical (unpaired) electrons. The summed E-state index contributed by atoms with van der Waals surface area (Å²) in [5, 5.41) is 0. The van der Waals surface area contributed by atoms with Gasteiger partial charge in [0.25, 0.3) is 0 Å². The molecule has 0 N–H and O–H groups in total. The van der Waals surface area contributed by atoms with E-state index in [-0.39, 0.29) is 0 Å². The molecule has 3 unspecified atom stereocenters. The van der Waals surface area contributed by atoms with Crippen molar-refractivity contribution in [1.29, 1.82) is 0 Å². The fourth-order valence-corrected chi connectivity index (χ4v) is 3.25. The van der Waals surface area contributed by atoms with Gasteiger partial charge < -0.3 is 4.74 Å². The second-order valence-corrected chi connectivity index (χ2v) is 6.59. The SMILES string of the molecule is CC(C)CC(C)CC(C)CC(C)[C@H]1O[C@@H]1C. The number of epoxide rings is 1. The third kappa shape index (κ3) is 4.86. The van der Waals surface area contributed by atoms with Crippen molar-refractivity contribution < 1.29 is 4.74 Å². The van der Waals surface area contributed by atoms with Crippen LogP contribution in [0.3, 0.4) is 0 Å². The van der Waals surface area contributed by atoms with E-state index >= 15 is 0 Å². The first-order valence-electron chi connectivity index (χ1n) is 7.05. The van der Waals surface area contributed by atoms with Crippen LogP contribution in [0.25, 0.3) is 0 Å². The van der Waals surface area contributed by atoms with E-state index in [1.807, 2.05) is 0 Å². The van der Waals surface area contributed by atoms with Crippen LogP contribution >= 0.6 is 0 Å². The van der Waals surface area contributed by atoms with Gasteiger partial charge in [-0.25, -0.2) is 0 Å². The van der Waals surface area contributed by atoms with Gasteiger partial charge in [0.1, 0.15) is 0 Å². The molecule has 1 rings (SSSR count). The largest absolute Gasteiger partial charge is 0.370 e. The average molecular weight is 226 g/mol. The van der Waals surface area contributed by atoms with Crippen LogP contribution in [0.1, 0.15) is 60.8 Å². The summed E-state index contributed by atoms with van der Waals surface area (Å²) in [6.45, 7) is 14.0. The Bertz CT molecular complexity index is 200. The minimum absolute atomic E-state index is 0.523. The molecule has 0 spiro atoms. The standard InChI is InChI=1S/C15H30O/c1-10(2)7-11(3)8-12(4)9-13(5)15-14(6)16-15/h10-15H,7-9H2,1-6H3/t11?,12?,13?,14-,15-/m1/s1. The average Bonchev–Trinajstić information content (AvgIpc) is 2.79. The molecule has 0 amide bonds. The van der Waals surface area contributed by atoms with Gasteiger partial charge in [0.15, 0.2) is 0 Å². The van der Waals surface area contributed by atoms with Crippen LogP contribution < -0.4 is 0 Å². The molecule has 96 valence electrons. The smallest absolute Gasteiger partial charge is 0.0864 e. The Morgan fingerprint density at radius 3 is 1.81 bits per heavy atom. The molecule has 1 aliphatic heterocycles. The minimum atomic E-state index is 0.523. The monoisotopic (exact) mass is 226 g/mol. The summed E-state index contributed by atoms with van der Waals surface area (Å²) < 4.78 is 5.55. The highest BCUT2D eigenvalue weighted by atomic mass is 16.6. The number of hydrogen-bond acceptors (Lipinski definition) is 1. The van der Waals surface area contributed by atoms with Gasteiger partial charge in [0, 0.05) is 0 Å². The van der Waals surface area contributed by atoms with E-state index in [0.29, 0.717) is 12.2 Å². The number of rotatable bonds is 7. The molecule has 0 aliphatic carbocycles. The van der Waals surface area contributed by atoms with Gasteiger partial charge in [-0.15, -0.1) is 0 Å². The Balaban J connectivity index is 2.16. The molecule has 1 fully saturated rings. The summed E-state index contributed by atoms with van der Waals surface area (Å²) in [6.07, 6.45) is 5.16. The molecule has 0 aromatic rings. The fraction of sp³-hybridized carbons (Fsp3) is 1.00. The van der Waals surface area contributed by atoms with Crippen LogP contribution in [0.2, 0.25) is 0 Å². The zero-order chi connectivity index (χ0) is 12.3. The lowest BCUT2D eigenvalue weighted by molar-refractivity contribution is 0.269. The molecule has 0 saturated carbocycles. The summed E-state index contributed by atoms with van der Waals surface area (Å²) in [7, 11) is 0. The van der Waals surface area contributed by atoms with E-state index in [9.17, 15) is 0 Å². The van der Waals surface area contributed by atoms with Crippen molar-refractivity contribution in [1.82, 2.24) is 0 Å². The maximum atomic E-state index is 5.55. The molecule has 1 heterocycles. The summed E-state index contributed by atoms with van der Waals surface area (Å²) >= 11 is 0.